The van der Waals surface area contributed by atoms with E-state index in [-0.39, 0.29) is 30.1 Å². The Hall–Kier alpha value is -1.17. The first-order chi connectivity index (χ1) is 14.2. The van der Waals surface area contributed by atoms with Gasteiger partial charge >= 0.3 is 0 Å². The number of thiophene rings is 1. The minimum atomic E-state index is 0. The molecule has 2 unspecified atom stereocenters. The molecule has 2 aromatic heterocycles. The molecule has 2 aliphatic rings. The zero-order valence-corrected chi connectivity index (χ0v) is 21.0. The Morgan fingerprint density at radius 3 is 2.87 bits per heavy atom. The highest BCUT2D eigenvalue weighted by molar-refractivity contribution is 14.0. The normalized spacial score (nSPS) is 21.5. The summed E-state index contributed by atoms with van der Waals surface area (Å²) in [4.78, 5) is 11.4. The van der Waals surface area contributed by atoms with Crippen LogP contribution in [0.1, 0.15) is 42.4 Å². The van der Waals surface area contributed by atoms with Crippen LogP contribution >= 0.6 is 35.3 Å². The van der Waals surface area contributed by atoms with Crippen LogP contribution in [-0.4, -0.2) is 71.4 Å². The lowest BCUT2D eigenvalue weighted by atomic mass is 10.1. The smallest absolute Gasteiger partial charge is 0.194 e. The van der Waals surface area contributed by atoms with Gasteiger partial charge in [-0.1, -0.05) is 6.07 Å². The Balaban J connectivity index is 0.00000256. The maximum Gasteiger partial charge on any atom is 0.194 e. The predicted molar refractivity (Wildman–Crippen MR) is 133 cm³/mol. The highest BCUT2D eigenvalue weighted by atomic mass is 127. The molecular weight excluding hydrogens is 511 g/mol. The van der Waals surface area contributed by atoms with Gasteiger partial charge in [0, 0.05) is 36.8 Å². The highest BCUT2D eigenvalue weighted by Crippen LogP contribution is 2.29. The Kier molecular flexibility index (Phi) is 8.97. The van der Waals surface area contributed by atoms with E-state index in [1.807, 2.05) is 35.5 Å². The van der Waals surface area contributed by atoms with E-state index in [1.54, 1.807) is 0 Å². The molecule has 0 saturated carbocycles. The fourth-order valence-electron chi connectivity index (χ4n) is 4.17. The number of nitrogens with one attached hydrogen (secondary N) is 1. The molecule has 7 nitrogen and oxygen atoms in total. The lowest BCUT2D eigenvalue weighted by molar-refractivity contribution is -0.00808. The number of rotatable bonds is 6. The van der Waals surface area contributed by atoms with Gasteiger partial charge in [-0.3, -0.25) is 14.6 Å². The Morgan fingerprint density at radius 1 is 1.37 bits per heavy atom. The van der Waals surface area contributed by atoms with Crippen LogP contribution in [-0.2, 0) is 11.8 Å². The van der Waals surface area contributed by atoms with Crippen LogP contribution in [0, 0.1) is 0 Å². The average Bonchev–Trinajstić information content (AvgIpc) is 3.51. The predicted octanol–water partition coefficient (Wildman–Crippen LogP) is 3.28. The van der Waals surface area contributed by atoms with E-state index in [2.05, 4.69) is 44.7 Å². The Morgan fingerprint density at radius 2 is 2.20 bits per heavy atom. The molecule has 2 fully saturated rings. The molecule has 4 rings (SSSR count). The van der Waals surface area contributed by atoms with Gasteiger partial charge in [0.2, 0.25) is 0 Å². The van der Waals surface area contributed by atoms with Gasteiger partial charge in [-0.2, -0.15) is 5.10 Å². The van der Waals surface area contributed by atoms with E-state index < -0.39 is 0 Å². The van der Waals surface area contributed by atoms with Crippen LogP contribution in [0.5, 0.6) is 0 Å². The zero-order valence-electron chi connectivity index (χ0n) is 17.9. The number of likely N-dealkylation sites (tertiary alicyclic amines) is 1. The molecule has 2 saturated heterocycles. The van der Waals surface area contributed by atoms with Crippen LogP contribution in [0.4, 0.5) is 0 Å². The summed E-state index contributed by atoms with van der Waals surface area (Å²) in [7, 11) is 1.94. The second kappa shape index (κ2) is 11.4. The second-order valence-electron chi connectivity index (χ2n) is 7.72. The third-order valence-electron chi connectivity index (χ3n) is 5.66. The quantitative estimate of drug-likeness (QED) is 0.344. The van der Waals surface area contributed by atoms with Crippen LogP contribution in [0.3, 0.4) is 0 Å². The molecule has 0 aliphatic carbocycles. The topological polar surface area (TPSA) is 57.9 Å². The van der Waals surface area contributed by atoms with Crippen molar-refractivity contribution in [3.63, 3.8) is 0 Å². The van der Waals surface area contributed by atoms with Crippen molar-refractivity contribution in [2.45, 2.75) is 31.9 Å². The monoisotopic (exact) mass is 544 g/mol. The number of nitrogens with zero attached hydrogens (tertiary/aromatic N) is 5. The van der Waals surface area contributed by atoms with Crippen molar-refractivity contribution >= 4 is 41.3 Å². The van der Waals surface area contributed by atoms with Crippen molar-refractivity contribution in [1.29, 1.82) is 0 Å². The summed E-state index contributed by atoms with van der Waals surface area (Å²) in [6, 6.07) is 4.78. The molecule has 4 heterocycles. The first-order valence-corrected chi connectivity index (χ1v) is 11.5. The van der Waals surface area contributed by atoms with Crippen molar-refractivity contribution in [3.05, 3.63) is 40.3 Å². The molecule has 166 valence electrons. The van der Waals surface area contributed by atoms with Gasteiger partial charge in [0.05, 0.1) is 31.9 Å². The number of hydrogen-bond acceptors (Lipinski definition) is 5. The highest BCUT2D eigenvalue weighted by Gasteiger charge is 2.27. The molecule has 0 radical (unpaired) electrons. The molecule has 9 heteroatoms. The number of ether oxygens (including phenoxy) is 1. The van der Waals surface area contributed by atoms with Gasteiger partial charge in [-0.25, -0.2) is 0 Å². The van der Waals surface area contributed by atoms with Crippen LogP contribution in [0.2, 0.25) is 0 Å². The van der Waals surface area contributed by atoms with E-state index >= 15 is 0 Å². The largest absolute Gasteiger partial charge is 0.370 e. The van der Waals surface area contributed by atoms with E-state index in [1.165, 1.54) is 30.8 Å². The van der Waals surface area contributed by atoms with E-state index in [0.717, 1.165) is 37.7 Å². The number of morpholine rings is 1. The third-order valence-corrected chi connectivity index (χ3v) is 6.64. The maximum absolute atomic E-state index is 6.02. The van der Waals surface area contributed by atoms with Crippen LogP contribution < -0.4 is 5.32 Å². The first-order valence-electron chi connectivity index (χ1n) is 10.7. The number of aryl methyl sites for hydroxylation is 1. The summed E-state index contributed by atoms with van der Waals surface area (Å²) in [5, 5.41) is 9.98. The SMILES string of the molecule is CCNC(=NCC(c1cccs1)N1CCCC1)N1CCOC(c2cnn(C)c2)C1.I. The summed E-state index contributed by atoms with van der Waals surface area (Å²) in [6.07, 6.45) is 6.56. The van der Waals surface area contributed by atoms with Crippen LogP contribution in [0.25, 0.3) is 0 Å². The first kappa shape index (κ1) is 23.5. The van der Waals surface area contributed by atoms with Gasteiger partial charge in [0.25, 0.3) is 0 Å². The Labute approximate surface area is 200 Å². The third kappa shape index (κ3) is 5.74. The van der Waals surface area contributed by atoms with Crippen molar-refractivity contribution in [1.82, 2.24) is 24.9 Å². The minimum absolute atomic E-state index is 0. The summed E-state index contributed by atoms with van der Waals surface area (Å²) in [6.45, 7) is 8.49. The summed E-state index contributed by atoms with van der Waals surface area (Å²) in [5.74, 6) is 0.991. The van der Waals surface area contributed by atoms with Crippen molar-refractivity contribution in [3.8, 4) is 0 Å². The van der Waals surface area contributed by atoms with Gasteiger partial charge < -0.3 is 15.0 Å². The lowest BCUT2D eigenvalue weighted by Gasteiger charge is -2.35. The van der Waals surface area contributed by atoms with Crippen molar-refractivity contribution < 1.29 is 4.74 Å². The molecule has 0 aromatic carbocycles. The standard InChI is InChI=1S/C21H32N6OS.HI/c1-3-22-21(27-10-11-28-19(16-27)17-13-24-25(2)15-17)23-14-18(20-7-6-12-29-20)26-8-4-5-9-26;/h6-7,12-13,15,18-19H,3-5,8-11,14,16H2,1-2H3,(H,22,23);1H. The van der Waals surface area contributed by atoms with Gasteiger partial charge in [0.15, 0.2) is 5.96 Å². The van der Waals surface area contributed by atoms with E-state index in [0.29, 0.717) is 12.6 Å². The molecule has 30 heavy (non-hydrogen) atoms. The molecule has 2 aliphatic heterocycles. The summed E-state index contributed by atoms with van der Waals surface area (Å²) < 4.78 is 7.85. The van der Waals surface area contributed by atoms with Crippen LogP contribution in [0.15, 0.2) is 34.9 Å². The fraction of sp³-hybridized carbons (Fsp3) is 0.619. The van der Waals surface area contributed by atoms with Gasteiger partial charge in [-0.15, -0.1) is 35.3 Å². The fourth-order valence-corrected chi connectivity index (χ4v) is 5.02. The number of halogens is 1. The van der Waals surface area contributed by atoms with Crippen molar-refractivity contribution in [2.75, 3.05) is 45.9 Å². The Bertz CT molecular complexity index is 789. The average molecular weight is 545 g/mol. The molecule has 2 atom stereocenters. The number of guanidine groups is 1. The maximum atomic E-state index is 6.02. The second-order valence-corrected chi connectivity index (χ2v) is 8.70. The molecule has 0 amide bonds. The molecular formula is C21H33IN6OS. The molecule has 0 bridgehead atoms. The lowest BCUT2D eigenvalue weighted by Crippen LogP contribution is -2.48. The molecule has 1 N–H and O–H groups in total. The minimum Gasteiger partial charge on any atom is -0.370 e. The van der Waals surface area contributed by atoms with Gasteiger partial charge in [-0.05, 0) is 44.3 Å². The van der Waals surface area contributed by atoms with Gasteiger partial charge in [0.1, 0.15) is 6.10 Å². The molecule has 0 spiro atoms. The van der Waals surface area contributed by atoms with Crippen molar-refractivity contribution in [2.24, 2.45) is 12.0 Å². The van der Waals surface area contributed by atoms with E-state index in [4.69, 9.17) is 9.73 Å². The number of hydrogen-bond donors (Lipinski definition) is 1. The summed E-state index contributed by atoms with van der Waals surface area (Å²) in [5.41, 5.74) is 1.13. The number of aliphatic imine (C=N–C) groups is 1. The number of aromatic nitrogens is 2. The zero-order chi connectivity index (χ0) is 20.1. The molecule has 2 aromatic rings. The van der Waals surface area contributed by atoms with E-state index in [9.17, 15) is 0 Å². The summed E-state index contributed by atoms with van der Waals surface area (Å²) >= 11 is 1.84.